The predicted molar refractivity (Wildman–Crippen MR) is 85.8 cm³/mol. The Balaban J connectivity index is 3.32. The molecule has 3 heteroatoms. The fourth-order valence-electron chi connectivity index (χ4n) is 2.68. The summed E-state index contributed by atoms with van der Waals surface area (Å²) in [4.78, 5) is 3.34. The van der Waals surface area contributed by atoms with E-state index in [1.807, 2.05) is 73.6 Å². The molecule has 0 atom stereocenters. The Morgan fingerprint density at radius 1 is 0.895 bits per heavy atom. The minimum absolute atomic E-state index is 0.361. The molecule has 0 fully saturated rings. The summed E-state index contributed by atoms with van der Waals surface area (Å²) in [5.74, 6) is 0. The maximum atomic E-state index is 15.9. The highest BCUT2D eigenvalue weighted by Gasteiger charge is 2.56. The lowest BCUT2D eigenvalue weighted by atomic mass is 10.1. The first-order valence-electron chi connectivity index (χ1n) is 6.93. The van der Waals surface area contributed by atoms with Gasteiger partial charge in [-0.05, 0) is 25.0 Å². The minimum Gasteiger partial charge on any atom is -0.385 e. The number of para-hydroxylation sites is 1. The van der Waals surface area contributed by atoms with Crippen LogP contribution in [0.2, 0.25) is 10.1 Å². The molecule has 0 amide bonds. The smallest absolute Gasteiger partial charge is 0.357 e. The van der Waals surface area contributed by atoms with E-state index in [4.69, 9.17) is 0 Å². The first kappa shape index (κ1) is 16.2. The maximum absolute atomic E-state index is 15.9. The molecular weight excluding hydrogens is 253 g/mol. The van der Waals surface area contributed by atoms with Gasteiger partial charge >= 0.3 is 8.57 Å². The van der Waals surface area contributed by atoms with Crippen molar-refractivity contribution in [2.24, 2.45) is 0 Å². The highest BCUT2D eigenvalue weighted by Crippen LogP contribution is 2.52. The van der Waals surface area contributed by atoms with Crippen LogP contribution in [0.3, 0.4) is 0 Å². The van der Waals surface area contributed by atoms with Crippen molar-refractivity contribution >= 4 is 14.3 Å². The summed E-state index contributed by atoms with van der Waals surface area (Å²) in [5, 5.41) is -0.722. The van der Waals surface area contributed by atoms with Crippen LogP contribution in [0.15, 0.2) is 18.2 Å². The summed E-state index contributed by atoms with van der Waals surface area (Å²) in [6, 6.07) is 6.09. The third-order valence-electron chi connectivity index (χ3n) is 3.85. The standard InChI is InChI=1S/C16H28FNSi/c1-12-10-9-11-13(2)14(12)18-19(17,15(3,4)5)16(6,7)8/h9-11,18H,1-8H3. The van der Waals surface area contributed by atoms with Crippen LogP contribution in [0.1, 0.15) is 52.7 Å². The van der Waals surface area contributed by atoms with Crippen molar-refractivity contribution in [1.82, 2.24) is 0 Å². The largest absolute Gasteiger partial charge is 0.385 e. The molecule has 19 heavy (non-hydrogen) atoms. The monoisotopic (exact) mass is 281 g/mol. The van der Waals surface area contributed by atoms with Gasteiger partial charge in [-0.25, -0.2) is 0 Å². The van der Waals surface area contributed by atoms with Gasteiger partial charge in [0.2, 0.25) is 0 Å². The van der Waals surface area contributed by atoms with Crippen molar-refractivity contribution in [2.45, 2.75) is 65.5 Å². The van der Waals surface area contributed by atoms with Gasteiger partial charge in [-0.15, -0.1) is 0 Å². The molecular formula is C16H28FNSi. The zero-order valence-electron chi connectivity index (χ0n) is 13.6. The fourth-order valence-corrected chi connectivity index (χ4v) is 6.42. The van der Waals surface area contributed by atoms with Gasteiger partial charge in [-0.1, -0.05) is 59.7 Å². The number of benzene rings is 1. The van der Waals surface area contributed by atoms with E-state index in [9.17, 15) is 0 Å². The summed E-state index contributed by atoms with van der Waals surface area (Å²) < 4.78 is 15.9. The summed E-state index contributed by atoms with van der Waals surface area (Å²) in [7, 11) is -3.21. The van der Waals surface area contributed by atoms with Crippen molar-refractivity contribution in [3.8, 4) is 0 Å². The zero-order valence-corrected chi connectivity index (χ0v) is 14.6. The summed E-state index contributed by atoms with van der Waals surface area (Å²) in [6.45, 7) is 16.1. The van der Waals surface area contributed by atoms with Crippen LogP contribution in [-0.4, -0.2) is 8.57 Å². The topological polar surface area (TPSA) is 12.0 Å². The number of halogens is 1. The molecule has 0 saturated heterocycles. The molecule has 0 bridgehead atoms. The van der Waals surface area contributed by atoms with E-state index in [0.29, 0.717) is 0 Å². The van der Waals surface area contributed by atoms with E-state index >= 15 is 4.11 Å². The molecule has 0 radical (unpaired) electrons. The van der Waals surface area contributed by atoms with Gasteiger partial charge in [0, 0.05) is 15.8 Å². The van der Waals surface area contributed by atoms with Crippen LogP contribution in [0.5, 0.6) is 0 Å². The molecule has 108 valence electrons. The van der Waals surface area contributed by atoms with Crippen LogP contribution < -0.4 is 4.98 Å². The second kappa shape index (κ2) is 4.93. The van der Waals surface area contributed by atoms with Gasteiger partial charge < -0.3 is 4.98 Å². The second-order valence-corrected chi connectivity index (χ2v) is 12.1. The Hall–Kier alpha value is -0.833. The quantitative estimate of drug-likeness (QED) is 0.539. The molecule has 1 rings (SSSR count). The Bertz CT molecular complexity index is 421. The van der Waals surface area contributed by atoms with E-state index in [1.54, 1.807) is 0 Å². The minimum atomic E-state index is -3.21. The summed E-state index contributed by atoms with van der Waals surface area (Å²) in [6.07, 6.45) is 0. The van der Waals surface area contributed by atoms with Crippen molar-refractivity contribution in [3.05, 3.63) is 29.3 Å². The molecule has 0 saturated carbocycles. The lowest BCUT2D eigenvalue weighted by Crippen LogP contribution is -2.55. The average Bonchev–Trinajstić information content (AvgIpc) is 2.20. The molecule has 0 aliphatic carbocycles. The third-order valence-corrected chi connectivity index (χ3v) is 8.57. The van der Waals surface area contributed by atoms with Crippen LogP contribution in [-0.2, 0) is 0 Å². The van der Waals surface area contributed by atoms with Crippen molar-refractivity contribution < 1.29 is 4.11 Å². The maximum Gasteiger partial charge on any atom is 0.357 e. The van der Waals surface area contributed by atoms with Gasteiger partial charge in [0.1, 0.15) is 0 Å². The number of anilines is 1. The van der Waals surface area contributed by atoms with Gasteiger partial charge in [-0.2, -0.15) is 0 Å². The van der Waals surface area contributed by atoms with E-state index in [1.165, 1.54) is 0 Å². The van der Waals surface area contributed by atoms with Crippen LogP contribution >= 0.6 is 0 Å². The molecule has 0 unspecified atom stereocenters. The molecule has 0 heterocycles. The SMILES string of the molecule is Cc1cccc(C)c1N[Si](F)(C(C)(C)C)C(C)(C)C. The van der Waals surface area contributed by atoms with E-state index in [0.717, 1.165) is 16.8 Å². The molecule has 1 N–H and O–H groups in total. The summed E-state index contributed by atoms with van der Waals surface area (Å²) >= 11 is 0. The first-order valence-corrected chi connectivity index (χ1v) is 8.81. The van der Waals surface area contributed by atoms with Crippen LogP contribution in [0.25, 0.3) is 0 Å². The molecule has 0 spiro atoms. The van der Waals surface area contributed by atoms with Crippen LogP contribution in [0.4, 0.5) is 9.80 Å². The first-order chi connectivity index (χ1) is 8.40. The normalized spacial score (nSPS) is 13.5. The Labute approximate surface area is 118 Å². The lowest BCUT2D eigenvalue weighted by Gasteiger charge is -2.45. The van der Waals surface area contributed by atoms with Crippen LogP contribution in [0, 0.1) is 13.8 Å². The number of rotatable bonds is 2. The number of nitrogens with one attached hydrogen (secondary N) is 1. The zero-order chi connectivity index (χ0) is 15.1. The second-order valence-electron chi connectivity index (χ2n) is 7.55. The van der Waals surface area contributed by atoms with Gasteiger partial charge in [0.05, 0.1) is 0 Å². The Morgan fingerprint density at radius 3 is 1.58 bits per heavy atom. The van der Waals surface area contributed by atoms with Gasteiger partial charge in [-0.3, -0.25) is 4.11 Å². The molecule has 1 aromatic rings. The Morgan fingerprint density at radius 2 is 1.26 bits per heavy atom. The predicted octanol–water partition coefficient (Wildman–Crippen LogP) is 5.73. The van der Waals surface area contributed by atoms with E-state index in [-0.39, 0.29) is 10.1 Å². The number of hydrogen-bond acceptors (Lipinski definition) is 1. The van der Waals surface area contributed by atoms with Gasteiger partial charge in [0.25, 0.3) is 0 Å². The number of hydrogen-bond donors (Lipinski definition) is 1. The summed E-state index contributed by atoms with van der Waals surface area (Å²) in [5.41, 5.74) is 3.20. The van der Waals surface area contributed by atoms with E-state index in [2.05, 4.69) is 4.98 Å². The lowest BCUT2D eigenvalue weighted by molar-refractivity contribution is 0.524. The molecule has 0 aromatic heterocycles. The van der Waals surface area contributed by atoms with Crippen molar-refractivity contribution in [3.63, 3.8) is 0 Å². The van der Waals surface area contributed by atoms with E-state index < -0.39 is 8.57 Å². The molecule has 1 nitrogen and oxygen atoms in total. The van der Waals surface area contributed by atoms with Gasteiger partial charge in [0.15, 0.2) is 0 Å². The Kier molecular flexibility index (Phi) is 4.21. The molecule has 0 aliphatic rings. The highest BCUT2D eigenvalue weighted by atomic mass is 28.4. The van der Waals surface area contributed by atoms with Crippen molar-refractivity contribution in [1.29, 1.82) is 0 Å². The van der Waals surface area contributed by atoms with Crippen molar-refractivity contribution in [2.75, 3.05) is 4.98 Å². The molecule has 0 aliphatic heterocycles. The fraction of sp³-hybridized carbons (Fsp3) is 0.625. The number of aryl methyl sites for hydroxylation is 2. The average molecular weight is 281 g/mol. The molecule has 1 aromatic carbocycles. The highest BCUT2D eigenvalue weighted by molar-refractivity contribution is 6.81. The third kappa shape index (κ3) is 3.02.